The van der Waals surface area contributed by atoms with E-state index < -0.39 is 21.6 Å². The molecule has 1 N–H and O–H groups in total. The molecule has 0 aliphatic carbocycles. The molecule has 0 saturated carbocycles. The fraction of sp³-hybridized carbons (Fsp3) is 0.500. The first-order valence-electron chi connectivity index (χ1n) is 6.87. The lowest BCUT2D eigenvalue weighted by Gasteiger charge is -2.24. The summed E-state index contributed by atoms with van der Waals surface area (Å²) in [6.07, 6.45) is 0.802. The molecule has 0 radical (unpaired) electrons. The Balaban J connectivity index is 2.34. The fourth-order valence-corrected chi connectivity index (χ4v) is 3.26. The summed E-state index contributed by atoms with van der Waals surface area (Å²) in [6.45, 7) is 2.99. The Morgan fingerprint density at radius 1 is 1.48 bits per heavy atom. The second-order valence-electron chi connectivity index (χ2n) is 5.11. The van der Waals surface area contributed by atoms with Gasteiger partial charge in [-0.15, -0.1) is 0 Å². The second-order valence-corrected chi connectivity index (χ2v) is 7.39. The number of hydrogen-bond donors (Lipinski definition) is 1. The minimum Gasteiger partial charge on any atom is -0.337 e. The van der Waals surface area contributed by atoms with Gasteiger partial charge >= 0.3 is 0 Å². The highest BCUT2D eigenvalue weighted by molar-refractivity contribution is 7.91. The van der Waals surface area contributed by atoms with Gasteiger partial charge in [-0.1, -0.05) is 6.92 Å². The predicted molar refractivity (Wildman–Crippen MR) is 77.5 cm³/mol. The molecular weight excluding hydrogens is 295 g/mol. The molecule has 7 heteroatoms. The minimum atomic E-state index is -3.47. The summed E-state index contributed by atoms with van der Waals surface area (Å²) < 4.78 is 37.6. The number of hydrogen-bond acceptors (Lipinski definition) is 4. The van der Waals surface area contributed by atoms with E-state index in [1.54, 1.807) is 7.05 Å². The smallest absolute Gasteiger partial charge is 0.256 e. The monoisotopic (exact) mass is 314 g/mol. The summed E-state index contributed by atoms with van der Waals surface area (Å²) in [5.41, 5.74) is -0.195. The van der Waals surface area contributed by atoms with Crippen molar-refractivity contribution in [3.63, 3.8) is 0 Å². The van der Waals surface area contributed by atoms with Gasteiger partial charge in [-0.25, -0.2) is 12.8 Å². The van der Waals surface area contributed by atoms with Crippen molar-refractivity contribution in [2.24, 2.45) is 0 Å². The maximum atomic E-state index is 13.9. The Bertz CT molecular complexity index is 640. The third-order valence-corrected chi connectivity index (χ3v) is 5.54. The molecule has 1 heterocycles. The number of likely N-dealkylation sites (N-methyl/N-ethyl adjacent to an activating group) is 1. The van der Waals surface area contributed by atoms with Gasteiger partial charge in [-0.2, -0.15) is 0 Å². The number of halogens is 1. The van der Waals surface area contributed by atoms with Crippen molar-refractivity contribution in [2.75, 3.05) is 25.9 Å². The van der Waals surface area contributed by atoms with Gasteiger partial charge in [0.15, 0.2) is 9.84 Å². The molecule has 1 saturated heterocycles. The molecule has 0 spiro atoms. The van der Waals surface area contributed by atoms with E-state index in [2.05, 4.69) is 5.32 Å². The SMILES string of the molecule is CCS(=O)(=O)c1ccc(F)c(C(=O)N(C)[C@H]2CCNC2)c1. The quantitative estimate of drug-likeness (QED) is 0.844. The highest BCUT2D eigenvalue weighted by Gasteiger charge is 2.26. The van der Waals surface area contributed by atoms with Crippen LogP contribution in [0.5, 0.6) is 0 Å². The molecule has 0 unspecified atom stereocenters. The molecule has 1 atom stereocenters. The summed E-state index contributed by atoms with van der Waals surface area (Å²) in [5.74, 6) is -1.28. The van der Waals surface area contributed by atoms with E-state index in [-0.39, 0.29) is 22.3 Å². The first kappa shape index (κ1) is 15.9. The van der Waals surface area contributed by atoms with E-state index in [0.717, 1.165) is 25.1 Å². The molecule has 0 bridgehead atoms. The number of rotatable bonds is 4. The fourth-order valence-electron chi connectivity index (χ4n) is 2.35. The van der Waals surface area contributed by atoms with Crippen LogP contribution in [0.1, 0.15) is 23.7 Å². The van der Waals surface area contributed by atoms with Crippen molar-refractivity contribution in [1.82, 2.24) is 10.2 Å². The lowest BCUT2D eigenvalue weighted by atomic mass is 10.1. The maximum Gasteiger partial charge on any atom is 0.256 e. The van der Waals surface area contributed by atoms with Crippen LogP contribution in [0.15, 0.2) is 23.1 Å². The molecule has 1 fully saturated rings. The number of carbonyl (C=O) groups is 1. The third kappa shape index (κ3) is 3.24. The van der Waals surface area contributed by atoms with E-state index >= 15 is 0 Å². The van der Waals surface area contributed by atoms with Crippen LogP contribution in [-0.2, 0) is 9.84 Å². The molecule has 5 nitrogen and oxygen atoms in total. The second kappa shape index (κ2) is 6.11. The highest BCUT2D eigenvalue weighted by atomic mass is 32.2. The highest BCUT2D eigenvalue weighted by Crippen LogP contribution is 2.19. The average molecular weight is 314 g/mol. The lowest BCUT2D eigenvalue weighted by Crippen LogP contribution is -2.38. The van der Waals surface area contributed by atoms with Gasteiger partial charge in [0, 0.05) is 19.6 Å². The Kier molecular flexibility index (Phi) is 4.63. The molecule has 21 heavy (non-hydrogen) atoms. The molecule has 2 rings (SSSR count). The van der Waals surface area contributed by atoms with Gasteiger partial charge in [0.25, 0.3) is 5.91 Å². The molecule has 1 amide bonds. The van der Waals surface area contributed by atoms with Gasteiger partial charge < -0.3 is 10.2 Å². The van der Waals surface area contributed by atoms with Gasteiger partial charge in [0.2, 0.25) is 0 Å². The Labute approximate surface area is 124 Å². The number of benzene rings is 1. The standard InChI is InChI=1S/C14H19FN2O3S/c1-3-21(19,20)11-4-5-13(15)12(8-11)14(18)17(2)10-6-7-16-9-10/h4-5,8,10,16H,3,6-7,9H2,1-2H3/t10-/m0/s1. The molecule has 1 aromatic carbocycles. The van der Waals surface area contributed by atoms with Crippen LogP contribution in [0.3, 0.4) is 0 Å². The lowest BCUT2D eigenvalue weighted by molar-refractivity contribution is 0.0739. The number of nitrogens with zero attached hydrogens (tertiary/aromatic N) is 1. The van der Waals surface area contributed by atoms with Gasteiger partial charge in [-0.05, 0) is 31.2 Å². The van der Waals surface area contributed by atoms with Crippen molar-refractivity contribution in [3.05, 3.63) is 29.6 Å². The zero-order valence-corrected chi connectivity index (χ0v) is 12.9. The largest absolute Gasteiger partial charge is 0.337 e. The van der Waals surface area contributed by atoms with E-state index in [1.165, 1.54) is 17.9 Å². The number of nitrogens with one attached hydrogen (secondary N) is 1. The zero-order chi connectivity index (χ0) is 15.6. The van der Waals surface area contributed by atoms with Crippen LogP contribution in [-0.4, -0.2) is 51.2 Å². The van der Waals surface area contributed by atoms with Crippen molar-refractivity contribution in [1.29, 1.82) is 0 Å². The number of sulfone groups is 1. The zero-order valence-electron chi connectivity index (χ0n) is 12.1. The number of carbonyl (C=O) groups excluding carboxylic acids is 1. The van der Waals surface area contributed by atoms with Crippen LogP contribution < -0.4 is 5.32 Å². The molecular formula is C14H19FN2O3S. The minimum absolute atomic E-state index is 0.00309. The first-order valence-corrected chi connectivity index (χ1v) is 8.52. The van der Waals surface area contributed by atoms with Crippen LogP contribution in [0.2, 0.25) is 0 Å². The van der Waals surface area contributed by atoms with E-state index in [0.29, 0.717) is 6.54 Å². The molecule has 1 aliphatic rings. The Morgan fingerprint density at radius 3 is 2.76 bits per heavy atom. The van der Waals surface area contributed by atoms with Crippen LogP contribution in [0.25, 0.3) is 0 Å². The molecule has 1 aromatic rings. The van der Waals surface area contributed by atoms with Crippen molar-refractivity contribution < 1.29 is 17.6 Å². The molecule has 1 aliphatic heterocycles. The summed E-state index contributed by atoms with van der Waals surface area (Å²) in [4.78, 5) is 13.8. The first-order chi connectivity index (χ1) is 9.86. The van der Waals surface area contributed by atoms with Crippen LogP contribution in [0.4, 0.5) is 4.39 Å². The van der Waals surface area contributed by atoms with E-state index in [9.17, 15) is 17.6 Å². The molecule has 0 aromatic heterocycles. The predicted octanol–water partition coefficient (Wildman–Crippen LogP) is 1.05. The van der Waals surface area contributed by atoms with Gasteiger partial charge in [0.05, 0.1) is 16.2 Å². The topological polar surface area (TPSA) is 66.5 Å². The normalized spacial score (nSPS) is 18.7. The van der Waals surface area contributed by atoms with Gasteiger partial charge in [-0.3, -0.25) is 4.79 Å². The van der Waals surface area contributed by atoms with Crippen molar-refractivity contribution in [3.8, 4) is 0 Å². The van der Waals surface area contributed by atoms with E-state index in [1.807, 2.05) is 0 Å². The van der Waals surface area contributed by atoms with Crippen LogP contribution >= 0.6 is 0 Å². The summed E-state index contributed by atoms with van der Waals surface area (Å²) in [6, 6.07) is 3.37. The Morgan fingerprint density at radius 2 is 2.19 bits per heavy atom. The average Bonchev–Trinajstić information content (AvgIpc) is 3.00. The maximum absolute atomic E-state index is 13.9. The summed E-state index contributed by atoms with van der Waals surface area (Å²) >= 11 is 0. The van der Waals surface area contributed by atoms with Crippen molar-refractivity contribution in [2.45, 2.75) is 24.3 Å². The Hall–Kier alpha value is -1.47. The third-order valence-electron chi connectivity index (χ3n) is 3.81. The van der Waals surface area contributed by atoms with E-state index in [4.69, 9.17) is 0 Å². The summed E-state index contributed by atoms with van der Waals surface area (Å²) in [5, 5.41) is 3.14. The molecule has 116 valence electrons. The summed E-state index contributed by atoms with van der Waals surface area (Å²) in [7, 11) is -1.85. The van der Waals surface area contributed by atoms with Gasteiger partial charge in [0.1, 0.15) is 5.82 Å². The number of amides is 1. The van der Waals surface area contributed by atoms with Crippen molar-refractivity contribution >= 4 is 15.7 Å². The van der Waals surface area contributed by atoms with Crippen LogP contribution in [0, 0.1) is 5.82 Å².